The Kier molecular flexibility index (Phi) is 2.14. The van der Waals surface area contributed by atoms with Crippen molar-refractivity contribution in [2.24, 2.45) is 7.05 Å². The summed E-state index contributed by atoms with van der Waals surface area (Å²) in [7, 11) is 1.83. The van der Waals surface area contributed by atoms with Gasteiger partial charge >= 0.3 is 0 Å². The van der Waals surface area contributed by atoms with Gasteiger partial charge in [-0.05, 0) is 12.8 Å². The summed E-state index contributed by atoms with van der Waals surface area (Å²) in [6.45, 7) is 0. The van der Waals surface area contributed by atoms with Gasteiger partial charge in [0, 0.05) is 19.0 Å². The highest BCUT2D eigenvalue weighted by Gasteiger charge is 2.27. The number of nitrogens with zero attached hydrogens (tertiary/aromatic N) is 5. The molecule has 2 heterocycles. The molecule has 0 unspecified atom stereocenters. The van der Waals surface area contributed by atoms with E-state index in [1.165, 1.54) is 0 Å². The van der Waals surface area contributed by atoms with Crippen LogP contribution in [0, 0.1) is 0 Å². The minimum Gasteiger partial charge on any atom is -0.246 e. The van der Waals surface area contributed by atoms with Gasteiger partial charge in [-0.2, -0.15) is 0 Å². The molecule has 1 aliphatic carbocycles. The van der Waals surface area contributed by atoms with Gasteiger partial charge in [0.05, 0.1) is 11.9 Å². The van der Waals surface area contributed by atoms with E-state index in [0.717, 1.165) is 30.1 Å². The molecule has 0 bridgehead atoms. The van der Waals surface area contributed by atoms with Crippen LogP contribution in [0.4, 0.5) is 0 Å². The first-order valence-corrected chi connectivity index (χ1v) is 5.51. The van der Waals surface area contributed by atoms with Gasteiger partial charge in [-0.1, -0.05) is 16.8 Å². The third-order valence-electron chi connectivity index (χ3n) is 2.63. The van der Waals surface area contributed by atoms with Gasteiger partial charge in [-0.15, -0.1) is 5.10 Å². The van der Waals surface area contributed by atoms with Crippen molar-refractivity contribution in [2.45, 2.75) is 18.8 Å². The number of rotatable bonds is 2. The summed E-state index contributed by atoms with van der Waals surface area (Å²) >= 11 is 5.99. The molecular formula is C10H10ClN5. The molecular weight excluding hydrogens is 226 g/mol. The van der Waals surface area contributed by atoms with Crippen LogP contribution in [-0.2, 0) is 7.05 Å². The average molecular weight is 236 g/mol. The zero-order valence-corrected chi connectivity index (χ0v) is 9.52. The van der Waals surface area contributed by atoms with Crippen molar-refractivity contribution >= 4 is 11.6 Å². The molecule has 2 aromatic heterocycles. The van der Waals surface area contributed by atoms with E-state index in [4.69, 9.17) is 11.6 Å². The molecule has 16 heavy (non-hydrogen) atoms. The van der Waals surface area contributed by atoms with E-state index >= 15 is 0 Å². The molecule has 1 saturated carbocycles. The van der Waals surface area contributed by atoms with Crippen molar-refractivity contribution in [1.82, 2.24) is 25.0 Å². The monoisotopic (exact) mass is 235 g/mol. The van der Waals surface area contributed by atoms with Crippen LogP contribution in [0.5, 0.6) is 0 Å². The van der Waals surface area contributed by atoms with Crippen molar-refractivity contribution in [3.8, 4) is 11.4 Å². The van der Waals surface area contributed by atoms with Gasteiger partial charge in [0.2, 0.25) is 0 Å². The number of halogens is 1. The minimum atomic E-state index is 0.480. The van der Waals surface area contributed by atoms with Crippen LogP contribution in [0.15, 0.2) is 12.3 Å². The summed E-state index contributed by atoms with van der Waals surface area (Å²) in [5.41, 5.74) is 1.64. The van der Waals surface area contributed by atoms with E-state index < -0.39 is 0 Å². The second-order valence-electron chi connectivity index (χ2n) is 3.95. The Balaban J connectivity index is 2.10. The number of aryl methyl sites for hydroxylation is 1. The molecule has 6 heteroatoms. The quantitative estimate of drug-likeness (QED) is 0.745. The van der Waals surface area contributed by atoms with Gasteiger partial charge < -0.3 is 0 Å². The van der Waals surface area contributed by atoms with Gasteiger partial charge in [0.15, 0.2) is 0 Å². The second-order valence-corrected chi connectivity index (χ2v) is 4.34. The van der Waals surface area contributed by atoms with Gasteiger partial charge in [0.25, 0.3) is 0 Å². The molecule has 82 valence electrons. The van der Waals surface area contributed by atoms with E-state index in [1.807, 2.05) is 7.05 Å². The van der Waals surface area contributed by atoms with Crippen molar-refractivity contribution in [3.05, 3.63) is 23.2 Å². The molecule has 1 fully saturated rings. The normalized spacial score (nSPS) is 15.4. The Labute approximate surface area is 97.5 Å². The molecule has 0 aliphatic heterocycles. The maximum absolute atomic E-state index is 5.99. The van der Waals surface area contributed by atoms with Crippen LogP contribution in [0.2, 0.25) is 5.15 Å². The first kappa shape index (κ1) is 9.72. The lowest BCUT2D eigenvalue weighted by molar-refractivity contribution is 0.718. The predicted molar refractivity (Wildman–Crippen MR) is 59.0 cm³/mol. The van der Waals surface area contributed by atoms with Crippen molar-refractivity contribution in [3.63, 3.8) is 0 Å². The lowest BCUT2D eigenvalue weighted by Crippen LogP contribution is -1.99. The SMILES string of the molecule is Cn1nncc1-c1cc(Cl)nc(C2CC2)n1. The van der Waals surface area contributed by atoms with Crippen LogP contribution >= 0.6 is 11.6 Å². The molecule has 5 nitrogen and oxygen atoms in total. The highest BCUT2D eigenvalue weighted by molar-refractivity contribution is 6.29. The molecule has 0 spiro atoms. The molecule has 0 N–H and O–H groups in total. The van der Waals surface area contributed by atoms with Crippen LogP contribution in [0.3, 0.4) is 0 Å². The van der Waals surface area contributed by atoms with Crippen LogP contribution in [0.1, 0.15) is 24.6 Å². The Morgan fingerprint density at radius 1 is 1.38 bits per heavy atom. The number of hydrogen-bond donors (Lipinski definition) is 0. The molecule has 0 radical (unpaired) electrons. The molecule has 3 rings (SSSR count). The highest BCUT2D eigenvalue weighted by atomic mass is 35.5. The largest absolute Gasteiger partial charge is 0.246 e. The molecule has 0 saturated heterocycles. The van der Waals surface area contributed by atoms with Crippen LogP contribution < -0.4 is 0 Å². The lowest BCUT2D eigenvalue weighted by atomic mass is 10.3. The Bertz CT molecular complexity index is 532. The van der Waals surface area contributed by atoms with Gasteiger partial charge in [-0.3, -0.25) is 0 Å². The van der Waals surface area contributed by atoms with Crippen LogP contribution in [0.25, 0.3) is 11.4 Å². The highest BCUT2D eigenvalue weighted by Crippen LogP contribution is 2.39. The van der Waals surface area contributed by atoms with E-state index in [9.17, 15) is 0 Å². The summed E-state index contributed by atoms with van der Waals surface area (Å²) in [5, 5.41) is 8.18. The van der Waals surface area contributed by atoms with Gasteiger partial charge in [-0.25, -0.2) is 14.6 Å². The molecule has 0 aromatic carbocycles. The van der Waals surface area contributed by atoms with E-state index in [1.54, 1.807) is 16.9 Å². The molecule has 2 aromatic rings. The zero-order valence-electron chi connectivity index (χ0n) is 8.76. The van der Waals surface area contributed by atoms with Gasteiger partial charge in [0.1, 0.15) is 16.7 Å². The van der Waals surface area contributed by atoms with Crippen molar-refractivity contribution in [2.75, 3.05) is 0 Å². The van der Waals surface area contributed by atoms with E-state index in [0.29, 0.717) is 11.1 Å². The summed E-state index contributed by atoms with van der Waals surface area (Å²) in [6.07, 6.45) is 3.99. The third kappa shape index (κ3) is 1.67. The fraction of sp³-hybridized carbons (Fsp3) is 0.400. The minimum absolute atomic E-state index is 0.480. The topological polar surface area (TPSA) is 56.5 Å². The standard InChI is InChI=1S/C10H10ClN5/c1-16-8(5-12-15-16)7-4-9(11)14-10(13-7)6-2-3-6/h4-6H,2-3H2,1H3. The Hall–Kier alpha value is -1.49. The summed E-state index contributed by atoms with van der Waals surface area (Å²) in [6, 6.07) is 1.74. The third-order valence-corrected chi connectivity index (χ3v) is 2.83. The van der Waals surface area contributed by atoms with Crippen molar-refractivity contribution in [1.29, 1.82) is 0 Å². The molecule has 0 atom stereocenters. The van der Waals surface area contributed by atoms with Crippen LogP contribution in [-0.4, -0.2) is 25.0 Å². The van der Waals surface area contributed by atoms with Crippen molar-refractivity contribution < 1.29 is 0 Å². The first-order chi connectivity index (χ1) is 7.74. The Morgan fingerprint density at radius 3 is 2.81 bits per heavy atom. The summed E-state index contributed by atoms with van der Waals surface area (Å²) < 4.78 is 1.68. The summed E-state index contributed by atoms with van der Waals surface area (Å²) in [5.74, 6) is 1.32. The lowest BCUT2D eigenvalue weighted by Gasteiger charge is -2.03. The average Bonchev–Trinajstić information content (AvgIpc) is 3.01. The first-order valence-electron chi connectivity index (χ1n) is 5.13. The zero-order chi connectivity index (χ0) is 11.1. The number of aromatic nitrogens is 5. The predicted octanol–water partition coefficient (Wildman–Crippen LogP) is 1.80. The second kappa shape index (κ2) is 3.52. The fourth-order valence-corrected chi connectivity index (χ4v) is 1.80. The van der Waals surface area contributed by atoms with E-state index in [-0.39, 0.29) is 0 Å². The maximum Gasteiger partial charge on any atom is 0.133 e. The maximum atomic E-state index is 5.99. The number of hydrogen-bond acceptors (Lipinski definition) is 4. The Morgan fingerprint density at radius 2 is 2.19 bits per heavy atom. The smallest absolute Gasteiger partial charge is 0.133 e. The summed E-state index contributed by atoms with van der Waals surface area (Å²) in [4.78, 5) is 8.74. The molecule has 0 amide bonds. The molecule has 1 aliphatic rings. The van der Waals surface area contributed by atoms with E-state index in [2.05, 4.69) is 20.3 Å². The fourth-order valence-electron chi connectivity index (χ4n) is 1.61.